The van der Waals surface area contributed by atoms with Crippen LogP contribution in [0.15, 0.2) is 24.3 Å². The molecule has 0 saturated carbocycles. The average Bonchev–Trinajstić information content (AvgIpc) is 2.96. The molecule has 0 spiro atoms. The molecule has 6 nitrogen and oxygen atoms in total. The van der Waals surface area contributed by atoms with E-state index in [4.69, 9.17) is 0 Å². The third-order valence-electron chi connectivity index (χ3n) is 4.10. The van der Waals surface area contributed by atoms with E-state index in [1.807, 2.05) is 32.0 Å². The Morgan fingerprint density at radius 2 is 1.96 bits per heavy atom. The Labute approximate surface area is 142 Å². The zero-order chi connectivity index (χ0) is 17.5. The summed E-state index contributed by atoms with van der Waals surface area (Å²) in [4.78, 5) is 37.2. The first-order valence-electron chi connectivity index (χ1n) is 8.45. The molecule has 2 N–H and O–H groups in total. The molecule has 1 aromatic carbocycles. The fraction of sp³-hybridized carbons (Fsp3) is 0.500. The highest BCUT2D eigenvalue weighted by atomic mass is 16.2. The van der Waals surface area contributed by atoms with Crippen molar-refractivity contribution in [3.05, 3.63) is 29.8 Å². The van der Waals surface area contributed by atoms with Gasteiger partial charge in [-0.3, -0.25) is 14.4 Å². The molecule has 1 aromatic rings. The van der Waals surface area contributed by atoms with Gasteiger partial charge in [0.2, 0.25) is 5.91 Å². The molecule has 0 aromatic heterocycles. The molecule has 1 aliphatic rings. The number of hydrogen-bond donors (Lipinski definition) is 2. The van der Waals surface area contributed by atoms with Gasteiger partial charge in [-0.15, -0.1) is 0 Å². The summed E-state index contributed by atoms with van der Waals surface area (Å²) in [5.74, 6) is -0.895. The summed E-state index contributed by atoms with van der Waals surface area (Å²) in [6, 6.07) is 7.46. The molecule has 24 heavy (non-hydrogen) atoms. The largest absolute Gasteiger partial charge is 0.348 e. The van der Waals surface area contributed by atoms with Crippen molar-refractivity contribution in [2.24, 2.45) is 0 Å². The number of likely N-dealkylation sites (tertiary alicyclic amines) is 1. The fourth-order valence-corrected chi connectivity index (χ4v) is 2.79. The highest BCUT2D eigenvalue weighted by Gasteiger charge is 2.20. The molecule has 6 heteroatoms. The predicted molar refractivity (Wildman–Crippen MR) is 92.6 cm³/mol. The van der Waals surface area contributed by atoms with Crippen LogP contribution in [-0.2, 0) is 14.4 Å². The van der Waals surface area contributed by atoms with Gasteiger partial charge in [0.05, 0.1) is 0 Å². The number of rotatable bonds is 6. The van der Waals surface area contributed by atoms with Crippen LogP contribution in [0.3, 0.4) is 0 Å². The van der Waals surface area contributed by atoms with Gasteiger partial charge in [-0.2, -0.15) is 0 Å². The molecule has 2 rings (SSSR count). The van der Waals surface area contributed by atoms with Gasteiger partial charge >= 0.3 is 11.8 Å². The van der Waals surface area contributed by atoms with Gasteiger partial charge in [0.25, 0.3) is 0 Å². The van der Waals surface area contributed by atoms with Crippen LogP contribution < -0.4 is 10.6 Å². The average molecular weight is 331 g/mol. The predicted octanol–water partition coefficient (Wildman–Crippen LogP) is 1.88. The molecule has 0 aliphatic carbocycles. The van der Waals surface area contributed by atoms with E-state index in [0.29, 0.717) is 31.6 Å². The summed E-state index contributed by atoms with van der Waals surface area (Å²) >= 11 is 0. The number of para-hydroxylation sites is 1. The lowest BCUT2D eigenvalue weighted by molar-refractivity contribution is -0.136. The van der Waals surface area contributed by atoms with Crippen molar-refractivity contribution in [1.29, 1.82) is 0 Å². The standard InChI is InChI=1S/C18H25N3O3/c1-13(2)14-7-3-4-8-15(14)20-18(24)17(23)19-10-6-12-21-11-5-9-16(21)22/h3-4,7-8,13H,5-6,9-12H2,1-2H3,(H,19,23)(H,20,24). The lowest BCUT2D eigenvalue weighted by Gasteiger charge is -2.15. The molecular weight excluding hydrogens is 306 g/mol. The number of nitrogens with one attached hydrogen (secondary N) is 2. The maximum atomic E-state index is 12.0. The Bertz CT molecular complexity index is 613. The van der Waals surface area contributed by atoms with Gasteiger partial charge in [-0.05, 0) is 30.4 Å². The monoisotopic (exact) mass is 331 g/mol. The molecule has 0 unspecified atom stereocenters. The second-order valence-electron chi connectivity index (χ2n) is 6.29. The Morgan fingerprint density at radius 1 is 1.21 bits per heavy atom. The Balaban J connectivity index is 1.76. The van der Waals surface area contributed by atoms with Crippen LogP contribution in [0.25, 0.3) is 0 Å². The van der Waals surface area contributed by atoms with Crippen LogP contribution in [0.5, 0.6) is 0 Å². The van der Waals surface area contributed by atoms with E-state index >= 15 is 0 Å². The van der Waals surface area contributed by atoms with Crippen LogP contribution in [0.2, 0.25) is 0 Å². The Hall–Kier alpha value is -2.37. The van der Waals surface area contributed by atoms with Gasteiger partial charge in [0.15, 0.2) is 0 Å². The van der Waals surface area contributed by atoms with Crippen molar-refractivity contribution in [3.63, 3.8) is 0 Å². The number of benzene rings is 1. The summed E-state index contributed by atoms with van der Waals surface area (Å²) < 4.78 is 0. The first-order valence-corrected chi connectivity index (χ1v) is 8.45. The minimum absolute atomic E-state index is 0.171. The number of anilines is 1. The first kappa shape index (κ1) is 18.0. The van der Waals surface area contributed by atoms with Gasteiger partial charge in [0.1, 0.15) is 0 Å². The van der Waals surface area contributed by atoms with Crippen molar-refractivity contribution >= 4 is 23.4 Å². The van der Waals surface area contributed by atoms with Gasteiger partial charge < -0.3 is 15.5 Å². The molecule has 1 heterocycles. The minimum atomic E-state index is -0.666. The fourth-order valence-electron chi connectivity index (χ4n) is 2.79. The molecule has 1 aliphatic heterocycles. The SMILES string of the molecule is CC(C)c1ccccc1NC(=O)C(=O)NCCCN1CCCC1=O. The molecule has 0 bridgehead atoms. The lowest BCUT2D eigenvalue weighted by atomic mass is 10.0. The summed E-state index contributed by atoms with van der Waals surface area (Å²) in [5, 5.41) is 5.27. The highest BCUT2D eigenvalue weighted by Crippen LogP contribution is 2.23. The summed E-state index contributed by atoms with van der Waals surface area (Å²) in [6.45, 7) is 5.85. The van der Waals surface area contributed by atoms with E-state index in [0.717, 1.165) is 18.5 Å². The summed E-state index contributed by atoms with van der Waals surface area (Å²) in [5.41, 5.74) is 1.65. The van der Waals surface area contributed by atoms with Crippen molar-refractivity contribution in [2.45, 2.75) is 39.0 Å². The minimum Gasteiger partial charge on any atom is -0.348 e. The number of nitrogens with zero attached hydrogens (tertiary/aromatic N) is 1. The molecular formula is C18H25N3O3. The second-order valence-corrected chi connectivity index (χ2v) is 6.29. The molecule has 1 saturated heterocycles. The molecule has 1 fully saturated rings. The number of hydrogen-bond acceptors (Lipinski definition) is 3. The van der Waals surface area contributed by atoms with Gasteiger partial charge in [0, 0.05) is 31.7 Å². The molecule has 0 atom stereocenters. The molecule has 130 valence electrons. The molecule has 3 amide bonds. The molecule has 0 radical (unpaired) electrons. The van der Waals surface area contributed by atoms with E-state index < -0.39 is 11.8 Å². The normalized spacial score (nSPS) is 14.1. The Kier molecular flexibility index (Phi) is 6.35. The maximum Gasteiger partial charge on any atom is 0.313 e. The van der Waals surface area contributed by atoms with Crippen molar-refractivity contribution < 1.29 is 14.4 Å². The third kappa shape index (κ3) is 4.81. The van der Waals surface area contributed by atoms with Crippen molar-refractivity contribution in [3.8, 4) is 0 Å². The van der Waals surface area contributed by atoms with Crippen LogP contribution >= 0.6 is 0 Å². The highest BCUT2D eigenvalue weighted by molar-refractivity contribution is 6.39. The lowest BCUT2D eigenvalue weighted by Crippen LogP contribution is -2.37. The topological polar surface area (TPSA) is 78.5 Å². The second kappa shape index (κ2) is 8.47. The van der Waals surface area contributed by atoms with E-state index in [2.05, 4.69) is 10.6 Å². The van der Waals surface area contributed by atoms with Crippen LogP contribution in [0, 0.1) is 0 Å². The zero-order valence-corrected chi connectivity index (χ0v) is 14.3. The summed E-state index contributed by atoms with van der Waals surface area (Å²) in [7, 11) is 0. The first-order chi connectivity index (χ1) is 11.5. The Morgan fingerprint density at radius 3 is 2.62 bits per heavy atom. The van der Waals surface area contributed by atoms with Gasteiger partial charge in [-0.25, -0.2) is 0 Å². The van der Waals surface area contributed by atoms with E-state index in [1.54, 1.807) is 11.0 Å². The van der Waals surface area contributed by atoms with Crippen molar-refractivity contribution in [2.75, 3.05) is 25.0 Å². The van der Waals surface area contributed by atoms with Crippen LogP contribution in [0.4, 0.5) is 5.69 Å². The van der Waals surface area contributed by atoms with E-state index in [1.165, 1.54) is 0 Å². The van der Waals surface area contributed by atoms with E-state index in [-0.39, 0.29) is 11.8 Å². The number of carbonyl (C=O) groups is 3. The van der Waals surface area contributed by atoms with Crippen LogP contribution in [0.1, 0.15) is 44.6 Å². The smallest absolute Gasteiger partial charge is 0.313 e. The maximum absolute atomic E-state index is 12.0. The summed E-state index contributed by atoms with van der Waals surface area (Å²) in [6.07, 6.45) is 2.17. The zero-order valence-electron chi connectivity index (χ0n) is 14.3. The van der Waals surface area contributed by atoms with Gasteiger partial charge in [-0.1, -0.05) is 32.0 Å². The van der Waals surface area contributed by atoms with E-state index in [9.17, 15) is 14.4 Å². The third-order valence-corrected chi connectivity index (χ3v) is 4.10. The van der Waals surface area contributed by atoms with Crippen molar-refractivity contribution in [1.82, 2.24) is 10.2 Å². The quantitative estimate of drug-likeness (QED) is 0.617. The number of amides is 3. The number of carbonyl (C=O) groups excluding carboxylic acids is 3. The van der Waals surface area contributed by atoms with Crippen LogP contribution in [-0.4, -0.2) is 42.3 Å².